The summed E-state index contributed by atoms with van der Waals surface area (Å²) < 4.78 is 48.0. The zero-order valence-electron chi connectivity index (χ0n) is 10.6. The van der Waals surface area contributed by atoms with E-state index in [1.54, 1.807) is 12.1 Å². The number of hydrogen-bond acceptors (Lipinski definition) is 3. The first-order chi connectivity index (χ1) is 9.45. The normalized spacial score (nSPS) is 13.2. The van der Waals surface area contributed by atoms with Crippen LogP contribution in [-0.4, -0.2) is 12.6 Å². The molecule has 1 heterocycles. The number of alkyl halides is 3. The van der Waals surface area contributed by atoms with Gasteiger partial charge in [0.15, 0.2) is 0 Å². The van der Waals surface area contributed by atoms with Gasteiger partial charge in [0.25, 0.3) is 0 Å². The quantitative estimate of drug-likeness (QED) is 0.917. The van der Waals surface area contributed by atoms with Crippen molar-refractivity contribution in [2.24, 2.45) is 5.73 Å². The monoisotopic (exact) mass is 285 g/mol. The SMILES string of the molecule is NC(COc1cccc(C(F)(F)F)c1)Cc1ccco1. The van der Waals surface area contributed by atoms with Crippen molar-refractivity contribution in [2.45, 2.75) is 18.6 Å². The lowest BCUT2D eigenvalue weighted by molar-refractivity contribution is -0.137. The van der Waals surface area contributed by atoms with Crippen LogP contribution in [0.1, 0.15) is 11.3 Å². The van der Waals surface area contributed by atoms with E-state index in [0.29, 0.717) is 12.2 Å². The molecule has 108 valence electrons. The molecule has 2 rings (SSSR count). The van der Waals surface area contributed by atoms with Crippen LogP contribution < -0.4 is 10.5 Å². The molecule has 20 heavy (non-hydrogen) atoms. The molecule has 1 aromatic carbocycles. The van der Waals surface area contributed by atoms with Crippen LogP contribution in [0.25, 0.3) is 0 Å². The molecule has 0 spiro atoms. The van der Waals surface area contributed by atoms with Crippen LogP contribution in [-0.2, 0) is 12.6 Å². The summed E-state index contributed by atoms with van der Waals surface area (Å²) in [5.41, 5.74) is 5.09. The van der Waals surface area contributed by atoms with Crippen molar-refractivity contribution in [3.8, 4) is 5.75 Å². The summed E-state index contributed by atoms with van der Waals surface area (Å²) in [6.07, 6.45) is -2.38. The summed E-state index contributed by atoms with van der Waals surface area (Å²) in [5, 5.41) is 0. The van der Waals surface area contributed by atoms with E-state index in [9.17, 15) is 13.2 Å². The van der Waals surface area contributed by atoms with Crippen LogP contribution in [0.2, 0.25) is 0 Å². The number of furan rings is 1. The molecule has 3 nitrogen and oxygen atoms in total. The Morgan fingerprint density at radius 2 is 2.00 bits per heavy atom. The maximum Gasteiger partial charge on any atom is 0.416 e. The highest BCUT2D eigenvalue weighted by Crippen LogP contribution is 2.31. The minimum atomic E-state index is -4.38. The second-order valence-electron chi connectivity index (χ2n) is 4.38. The topological polar surface area (TPSA) is 48.4 Å². The van der Waals surface area contributed by atoms with Crippen LogP contribution in [0.3, 0.4) is 0 Å². The average molecular weight is 285 g/mol. The zero-order valence-corrected chi connectivity index (χ0v) is 10.6. The first-order valence-electron chi connectivity index (χ1n) is 6.03. The summed E-state index contributed by atoms with van der Waals surface area (Å²) in [5.74, 6) is 0.861. The Balaban J connectivity index is 1.90. The van der Waals surface area contributed by atoms with Crippen molar-refractivity contribution in [3.05, 3.63) is 54.0 Å². The standard InChI is InChI=1S/C14H14F3NO2/c15-14(16,17)10-3-1-4-12(7-10)20-9-11(18)8-13-5-2-6-19-13/h1-7,11H,8-9,18H2. The van der Waals surface area contributed by atoms with Gasteiger partial charge in [0, 0.05) is 12.5 Å². The van der Waals surface area contributed by atoms with E-state index in [1.165, 1.54) is 18.4 Å². The Morgan fingerprint density at radius 1 is 1.20 bits per heavy atom. The third kappa shape index (κ3) is 4.03. The van der Waals surface area contributed by atoms with Gasteiger partial charge >= 0.3 is 6.18 Å². The lowest BCUT2D eigenvalue weighted by Crippen LogP contribution is -2.30. The predicted molar refractivity (Wildman–Crippen MR) is 67.3 cm³/mol. The largest absolute Gasteiger partial charge is 0.492 e. The van der Waals surface area contributed by atoms with Crippen LogP contribution in [0, 0.1) is 0 Å². The van der Waals surface area contributed by atoms with Crippen LogP contribution >= 0.6 is 0 Å². The van der Waals surface area contributed by atoms with Gasteiger partial charge in [-0.15, -0.1) is 0 Å². The van der Waals surface area contributed by atoms with Crippen molar-refractivity contribution < 1.29 is 22.3 Å². The predicted octanol–water partition coefficient (Wildman–Crippen LogP) is 3.25. The molecule has 0 bridgehead atoms. The van der Waals surface area contributed by atoms with Crippen LogP contribution in [0.15, 0.2) is 47.1 Å². The van der Waals surface area contributed by atoms with Gasteiger partial charge in [-0.25, -0.2) is 0 Å². The third-order valence-electron chi connectivity index (χ3n) is 2.67. The number of nitrogens with two attached hydrogens (primary N) is 1. The number of ether oxygens (including phenoxy) is 1. The van der Waals surface area contributed by atoms with Gasteiger partial charge in [-0.05, 0) is 30.3 Å². The number of rotatable bonds is 5. The van der Waals surface area contributed by atoms with E-state index >= 15 is 0 Å². The second kappa shape index (κ2) is 6.00. The van der Waals surface area contributed by atoms with E-state index in [2.05, 4.69) is 0 Å². The highest BCUT2D eigenvalue weighted by atomic mass is 19.4. The fourth-order valence-corrected chi connectivity index (χ4v) is 1.71. The van der Waals surface area contributed by atoms with Gasteiger partial charge in [-0.2, -0.15) is 13.2 Å². The van der Waals surface area contributed by atoms with Crippen molar-refractivity contribution in [3.63, 3.8) is 0 Å². The summed E-state index contributed by atoms with van der Waals surface area (Å²) in [6.45, 7) is 0.113. The van der Waals surface area contributed by atoms with Gasteiger partial charge < -0.3 is 14.9 Å². The molecule has 1 unspecified atom stereocenters. The van der Waals surface area contributed by atoms with E-state index in [0.717, 1.165) is 12.1 Å². The maximum atomic E-state index is 12.5. The molecular weight excluding hydrogens is 271 g/mol. The molecule has 0 aliphatic carbocycles. The Kier molecular flexibility index (Phi) is 4.34. The smallest absolute Gasteiger partial charge is 0.416 e. The summed E-state index contributed by atoms with van der Waals surface area (Å²) in [7, 11) is 0. The Bertz CT molecular complexity index is 538. The fraction of sp³-hybridized carbons (Fsp3) is 0.286. The maximum absolute atomic E-state index is 12.5. The number of halogens is 3. The molecule has 6 heteroatoms. The van der Waals surface area contributed by atoms with Gasteiger partial charge in [0.2, 0.25) is 0 Å². The first kappa shape index (κ1) is 14.5. The molecule has 0 radical (unpaired) electrons. The first-order valence-corrected chi connectivity index (χ1v) is 6.03. The molecule has 2 N–H and O–H groups in total. The molecule has 0 saturated carbocycles. The molecule has 0 amide bonds. The molecule has 1 atom stereocenters. The molecule has 1 aromatic heterocycles. The summed E-state index contributed by atoms with van der Waals surface area (Å²) in [4.78, 5) is 0. The lowest BCUT2D eigenvalue weighted by atomic mass is 10.2. The van der Waals surface area contributed by atoms with Gasteiger partial charge in [-0.3, -0.25) is 0 Å². The molecule has 0 fully saturated rings. The molecule has 0 aliphatic rings. The van der Waals surface area contributed by atoms with E-state index in [4.69, 9.17) is 14.9 Å². The van der Waals surface area contributed by atoms with Gasteiger partial charge in [0.1, 0.15) is 18.1 Å². The van der Waals surface area contributed by atoms with E-state index in [-0.39, 0.29) is 18.4 Å². The molecular formula is C14H14F3NO2. The highest BCUT2D eigenvalue weighted by molar-refractivity contribution is 5.30. The Morgan fingerprint density at radius 3 is 2.65 bits per heavy atom. The minimum Gasteiger partial charge on any atom is -0.492 e. The molecule has 2 aromatic rings. The third-order valence-corrected chi connectivity index (χ3v) is 2.67. The minimum absolute atomic E-state index is 0.113. The summed E-state index contributed by atoms with van der Waals surface area (Å²) in [6, 6.07) is 7.90. The fourth-order valence-electron chi connectivity index (χ4n) is 1.71. The summed E-state index contributed by atoms with van der Waals surface area (Å²) >= 11 is 0. The van der Waals surface area contributed by atoms with E-state index < -0.39 is 11.7 Å². The molecule has 0 aliphatic heterocycles. The lowest BCUT2D eigenvalue weighted by Gasteiger charge is -2.13. The second-order valence-corrected chi connectivity index (χ2v) is 4.38. The Labute approximate surface area is 114 Å². The van der Waals surface area contributed by atoms with Crippen molar-refractivity contribution >= 4 is 0 Å². The average Bonchev–Trinajstić information content (AvgIpc) is 2.88. The van der Waals surface area contributed by atoms with Crippen molar-refractivity contribution in [1.82, 2.24) is 0 Å². The number of hydrogen-bond donors (Lipinski definition) is 1. The van der Waals surface area contributed by atoms with Crippen LogP contribution in [0.4, 0.5) is 13.2 Å². The van der Waals surface area contributed by atoms with Crippen molar-refractivity contribution in [2.75, 3.05) is 6.61 Å². The zero-order chi connectivity index (χ0) is 14.6. The van der Waals surface area contributed by atoms with Gasteiger partial charge in [0.05, 0.1) is 11.8 Å². The van der Waals surface area contributed by atoms with E-state index in [1.807, 2.05) is 0 Å². The molecule has 0 saturated heterocycles. The Hall–Kier alpha value is -1.95. The highest BCUT2D eigenvalue weighted by Gasteiger charge is 2.30. The number of benzene rings is 1. The van der Waals surface area contributed by atoms with Crippen molar-refractivity contribution in [1.29, 1.82) is 0 Å². The van der Waals surface area contributed by atoms with Gasteiger partial charge in [-0.1, -0.05) is 6.07 Å². The van der Waals surface area contributed by atoms with Crippen LogP contribution in [0.5, 0.6) is 5.75 Å².